The van der Waals surface area contributed by atoms with Crippen molar-refractivity contribution in [1.82, 2.24) is 29.7 Å². The summed E-state index contributed by atoms with van der Waals surface area (Å²) in [6, 6.07) is 9.15. The Bertz CT molecular complexity index is 1250. The van der Waals surface area contributed by atoms with Crippen LogP contribution in [-0.2, 0) is 19.4 Å². The molecular weight excluding hydrogens is 378 g/mol. The number of rotatable bonds is 4. The molecule has 3 aromatic heterocycles. The van der Waals surface area contributed by atoms with E-state index in [0.717, 1.165) is 42.7 Å². The highest BCUT2D eigenvalue weighted by atomic mass is 19.2. The zero-order valence-electron chi connectivity index (χ0n) is 15.3. The van der Waals surface area contributed by atoms with E-state index in [1.165, 1.54) is 10.7 Å². The van der Waals surface area contributed by atoms with Crippen molar-refractivity contribution >= 4 is 11.6 Å². The second-order valence-electron chi connectivity index (χ2n) is 6.87. The Kier molecular flexibility index (Phi) is 4.08. The Hall–Kier alpha value is -3.62. The third kappa shape index (κ3) is 2.95. The second-order valence-corrected chi connectivity index (χ2v) is 6.87. The molecule has 1 aliphatic rings. The van der Waals surface area contributed by atoms with Crippen molar-refractivity contribution in [1.29, 1.82) is 0 Å². The smallest absolute Gasteiger partial charge is 0.272 e. The van der Waals surface area contributed by atoms with Crippen molar-refractivity contribution in [2.75, 3.05) is 0 Å². The van der Waals surface area contributed by atoms with Crippen LogP contribution in [0.25, 0.3) is 11.3 Å². The topological polar surface area (TPSA) is 77.1 Å². The van der Waals surface area contributed by atoms with E-state index in [1.807, 2.05) is 24.4 Å². The average Bonchev–Trinajstić information content (AvgIpc) is 3.43. The van der Waals surface area contributed by atoms with Gasteiger partial charge in [0.15, 0.2) is 28.8 Å². The highest BCUT2D eigenvalue weighted by Crippen LogP contribution is 2.28. The van der Waals surface area contributed by atoms with Gasteiger partial charge in [-0.1, -0.05) is 6.07 Å². The highest BCUT2D eigenvalue weighted by Gasteiger charge is 2.27. The number of nitrogens with zero attached hydrogens (tertiary/aromatic N) is 5. The molecule has 4 aromatic rings. The SMILES string of the molecule is O=C(NCc1nnc2ccccn12)c1nn(-c2ccc(F)c(F)c2)c2c1CCC2. The van der Waals surface area contributed by atoms with Crippen LogP contribution in [0.4, 0.5) is 8.78 Å². The zero-order chi connectivity index (χ0) is 20.0. The minimum Gasteiger partial charge on any atom is -0.343 e. The highest BCUT2D eigenvalue weighted by molar-refractivity contribution is 5.94. The summed E-state index contributed by atoms with van der Waals surface area (Å²) in [6.45, 7) is 0.191. The van der Waals surface area contributed by atoms with Gasteiger partial charge in [-0.05, 0) is 43.5 Å². The molecule has 1 N–H and O–H groups in total. The Labute approximate surface area is 164 Å². The fourth-order valence-electron chi connectivity index (χ4n) is 3.70. The minimum absolute atomic E-state index is 0.191. The van der Waals surface area contributed by atoms with Crippen molar-refractivity contribution in [3.8, 4) is 5.69 Å². The summed E-state index contributed by atoms with van der Waals surface area (Å²) >= 11 is 0. The summed E-state index contributed by atoms with van der Waals surface area (Å²) in [4.78, 5) is 12.8. The van der Waals surface area contributed by atoms with Gasteiger partial charge >= 0.3 is 0 Å². The summed E-state index contributed by atoms with van der Waals surface area (Å²) in [5, 5.41) is 15.4. The number of amides is 1. The van der Waals surface area contributed by atoms with E-state index >= 15 is 0 Å². The predicted molar refractivity (Wildman–Crippen MR) is 99.7 cm³/mol. The lowest BCUT2D eigenvalue weighted by atomic mass is 10.2. The molecule has 0 fully saturated rings. The molecule has 0 saturated heterocycles. The first kappa shape index (κ1) is 17.5. The largest absolute Gasteiger partial charge is 0.343 e. The fourth-order valence-corrected chi connectivity index (χ4v) is 3.70. The van der Waals surface area contributed by atoms with Crippen LogP contribution in [0, 0.1) is 11.6 Å². The summed E-state index contributed by atoms with van der Waals surface area (Å²) in [7, 11) is 0. The van der Waals surface area contributed by atoms with E-state index in [1.54, 1.807) is 4.40 Å². The van der Waals surface area contributed by atoms with Crippen molar-refractivity contribution < 1.29 is 13.6 Å². The van der Waals surface area contributed by atoms with Gasteiger partial charge in [0.25, 0.3) is 5.91 Å². The van der Waals surface area contributed by atoms with Gasteiger partial charge in [-0.3, -0.25) is 9.20 Å². The standard InChI is InChI=1S/C20H16F2N6O/c21-14-8-7-12(10-15(14)22)28-16-5-3-4-13(16)19(26-28)20(29)23-11-18-25-24-17-6-1-2-9-27(17)18/h1-2,6-10H,3-5,11H2,(H,23,29). The molecule has 1 aliphatic carbocycles. The third-order valence-corrected chi connectivity index (χ3v) is 5.08. The van der Waals surface area contributed by atoms with Crippen LogP contribution >= 0.6 is 0 Å². The van der Waals surface area contributed by atoms with Crippen LogP contribution in [0.15, 0.2) is 42.6 Å². The fraction of sp³-hybridized carbons (Fsp3) is 0.200. The van der Waals surface area contributed by atoms with Gasteiger partial charge in [-0.25, -0.2) is 13.5 Å². The summed E-state index contributed by atoms with van der Waals surface area (Å²) < 4.78 is 30.3. The van der Waals surface area contributed by atoms with Gasteiger partial charge in [0.05, 0.1) is 12.2 Å². The summed E-state index contributed by atoms with van der Waals surface area (Å²) in [5.74, 6) is -1.60. The number of halogens is 2. The Balaban J connectivity index is 1.43. The van der Waals surface area contributed by atoms with Crippen LogP contribution < -0.4 is 5.32 Å². The molecule has 1 aromatic carbocycles. The molecule has 146 valence electrons. The first-order valence-electron chi connectivity index (χ1n) is 9.25. The Morgan fingerprint density at radius 3 is 2.86 bits per heavy atom. The van der Waals surface area contributed by atoms with E-state index in [9.17, 15) is 13.6 Å². The van der Waals surface area contributed by atoms with Gasteiger partial charge in [-0.15, -0.1) is 10.2 Å². The molecule has 0 atom stereocenters. The van der Waals surface area contributed by atoms with E-state index in [2.05, 4.69) is 20.6 Å². The maximum absolute atomic E-state index is 13.7. The maximum atomic E-state index is 13.7. The quantitative estimate of drug-likeness (QED) is 0.577. The van der Waals surface area contributed by atoms with Crippen molar-refractivity contribution in [2.24, 2.45) is 0 Å². The lowest BCUT2D eigenvalue weighted by Crippen LogP contribution is -2.25. The molecule has 29 heavy (non-hydrogen) atoms. The van der Waals surface area contributed by atoms with E-state index < -0.39 is 11.6 Å². The van der Waals surface area contributed by atoms with Crippen molar-refractivity contribution in [3.05, 3.63) is 77.0 Å². The Morgan fingerprint density at radius 2 is 2.00 bits per heavy atom. The lowest BCUT2D eigenvalue weighted by molar-refractivity contribution is 0.0943. The molecule has 5 rings (SSSR count). The van der Waals surface area contributed by atoms with E-state index in [4.69, 9.17) is 0 Å². The van der Waals surface area contributed by atoms with E-state index in [-0.39, 0.29) is 12.5 Å². The molecule has 0 saturated carbocycles. The number of carbonyl (C=O) groups is 1. The van der Waals surface area contributed by atoms with Crippen LogP contribution in [0.1, 0.15) is 34.0 Å². The molecule has 0 spiro atoms. The lowest BCUT2D eigenvalue weighted by Gasteiger charge is -2.06. The third-order valence-electron chi connectivity index (χ3n) is 5.08. The van der Waals surface area contributed by atoms with Gasteiger partial charge in [0.2, 0.25) is 0 Å². The van der Waals surface area contributed by atoms with Gasteiger partial charge in [0, 0.05) is 23.5 Å². The molecule has 3 heterocycles. The average molecular weight is 394 g/mol. The minimum atomic E-state index is -0.950. The predicted octanol–water partition coefficient (Wildman–Crippen LogP) is 2.61. The molecule has 0 radical (unpaired) electrons. The molecule has 0 unspecified atom stereocenters. The number of benzene rings is 1. The monoisotopic (exact) mass is 394 g/mol. The number of nitrogens with one attached hydrogen (secondary N) is 1. The number of fused-ring (bicyclic) bond motifs is 2. The molecule has 0 bridgehead atoms. The van der Waals surface area contributed by atoms with Crippen molar-refractivity contribution in [3.63, 3.8) is 0 Å². The van der Waals surface area contributed by atoms with Gasteiger partial charge in [0.1, 0.15) is 0 Å². The van der Waals surface area contributed by atoms with Crippen LogP contribution in [0.3, 0.4) is 0 Å². The number of carbonyl (C=O) groups excluding carboxylic acids is 1. The molecule has 1 amide bonds. The second kappa shape index (κ2) is 6.77. The van der Waals surface area contributed by atoms with Gasteiger partial charge in [-0.2, -0.15) is 5.10 Å². The number of hydrogen-bond acceptors (Lipinski definition) is 4. The zero-order valence-corrected chi connectivity index (χ0v) is 15.3. The summed E-state index contributed by atoms with van der Waals surface area (Å²) in [5.41, 5.74) is 3.09. The Morgan fingerprint density at radius 1 is 1.10 bits per heavy atom. The van der Waals surface area contributed by atoms with Gasteiger partial charge < -0.3 is 5.32 Å². The summed E-state index contributed by atoms with van der Waals surface area (Å²) in [6.07, 6.45) is 4.15. The normalized spacial score (nSPS) is 13.0. The first-order valence-corrected chi connectivity index (χ1v) is 9.25. The maximum Gasteiger partial charge on any atom is 0.272 e. The molecule has 0 aliphatic heterocycles. The van der Waals surface area contributed by atoms with Crippen molar-refractivity contribution in [2.45, 2.75) is 25.8 Å². The number of pyridine rings is 1. The molecular formula is C20H16F2N6O. The first-order chi connectivity index (χ1) is 14.1. The number of aromatic nitrogens is 5. The molecule has 9 heteroatoms. The van der Waals surface area contributed by atoms with Crippen LogP contribution in [-0.4, -0.2) is 30.3 Å². The van der Waals surface area contributed by atoms with E-state index in [0.29, 0.717) is 22.9 Å². The van der Waals surface area contributed by atoms with Crippen LogP contribution in [0.5, 0.6) is 0 Å². The number of hydrogen-bond donors (Lipinski definition) is 1. The van der Waals surface area contributed by atoms with Crippen LogP contribution in [0.2, 0.25) is 0 Å². The molecule has 7 nitrogen and oxygen atoms in total.